The van der Waals surface area contributed by atoms with E-state index in [1.807, 2.05) is 6.07 Å². The SMILES string of the molecule is CCOC(=O)CCCCOC(=O)c1cc2c(-c3ccc(C)s3)sc(C)c2s1. The van der Waals surface area contributed by atoms with Crippen LogP contribution in [0.2, 0.25) is 0 Å². The van der Waals surface area contributed by atoms with Crippen molar-refractivity contribution in [3.63, 3.8) is 0 Å². The highest BCUT2D eigenvalue weighted by Gasteiger charge is 2.19. The summed E-state index contributed by atoms with van der Waals surface area (Å²) in [7, 11) is 0. The lowest BCUT2D eigenvalue weighted by atomic mass is 10.2. The van der Waals surface area contributed by atoms with Crippen molar-refractivity contribution in [3.05, 3.63) is 32.8 Å². The van der Waals surface area contributed by atoms with Gasteiger partial charge in [-0.2, -0.15) is 0 Å². The van der Waals surface area contributed by atoms with Crippen molar-refractivity contribution in [3.8, 4) is 9.75 Å². The quantitative estimate of drug-likeness (QED) is 0.320. The average molecular weight is 423 g/mol. The third-order valence-electron chi connectivity index (χ3n) is 4.03. The molecule has 0 spiro atoms. The molecule has 0 saturated carbocycles. The molecule has 0 amide bonds. The standard InChI is InChI=1S/C20H22O4S3/c1-4-23-17(21)7-5-6-10-24-20(22)16-11-14-18(27-16)13(3)26-19(14)15-9-8-12(2)25-15/h8-9,11H,4-7,10H2,1-3H3. The number of fused-ring (bicyclic) bond motifs is 1. The molecule has 0 saturated heterocycles. The molecule has 3 aromatic rings. The van der Waals surface area contributed by atoms with E-state index in [0.29, 0.717) is 37.4 Å². The summed E-state index contributed by atoms with van der Waals surface area (Å²) >= 11 is 5.05. The Morgan fingerprint density at radius 3 is 2.56 bits per heavy atom. The van der Waals surface area contributed by atoms with Crippen molar-refractivity contribution >= 4 is 56.0 Å². The maximum atomic E-state index is 12.4. The zero-order chi connectivity index (χ0) is 19.4. The molecule has 27 heavy (non-hydrogen) atoms. The minimum absolute atomic E-state index is 0.200. The van der Waals surface area contributed by atoms with Crippen LogP contribution in [0.3, 0.4) is 0 Å². The summed E-state index contributed by atoms with van der Waals surface area (Å²) in [4.78, 5) is 29.3. The van der Waals surface area contributed by atoms with Gasteiger partial charge < -0.3 is 9.47 Å². The minimum atomic E-state index is -0.287. The first-order valence-electron chi connectivity index (χ1n) is 8.92. The molecule has 144 valence electrons. The Morgan fingerprint density at radius 2 is 1.85 bits per heavy atom. The van der Waals surface area contributed by atoms with Crippen molar-refractivity contribution in [2.24, 2.45) is 0 Å². The van der Waals surface area contributed by atoms with Crippen molar-refractivity contribution < 1.29 is 19.1 Å². The van der Waals surface area contributed by atoms with E-state index in [9.17, 15) is 9.59 Å². The molecule has 0 atom stereocenters. The Hall–Kier alpha value is -1.70. The van der Waals surface area contributed by atoms with Gasteiger partial charge in [0.15, 0.2) is 0 Å². The molecule has 0 aromatic carbocycles. The van der Waals surface area contributed by atoms with E-state index in [2.05, 4.69) is 26.0 Å². The molecule has 0 bridgehead atoms. The number of unbranched alkanes of at least 4 members (excludes halogenated alkanes) is 1. The third-order valence-corrected chi connectivity index (χ3v) is 7.70. The molecule has 0 aliphatic carbocycles. The molecule has 3 rings (SSSR count). The first kappa shape index (κ1) is 20.0. The van der Waals surface area contributed by atoms with Gasteiger partial charge in [0.1, 0.15) is 4.88 Å². The van der Waals surface area contributed by atoms with Gasteiger partial charge in [-0.3, -0.25) is 4.79 Å². The molecule has 0 N–H and O–H groups in total. The first-order chi connectivity index (χ1) is 13.0. The largest absolute Gasteiger partial charge is 0.466 e. The number of thiophene rings is 3. The average Bonchev–Trinajstić information content (AvgIpc) is 3.31. The monoisotopic (exact) mass is 422 g/mol. The lowest BCUT2D eigenvalue weighted by molar-refractivity contribution is -0.143. The Morgan fingerprint density at radius 1 is 1.04 bits per heavy atom. The van der Waals surface area contributed by atoms with Gasteiger partial charge in [-0.25, -0.2) is 4.79 Å². The van der Waals surface area contributed by atoms with Gasteiger partial charge in [0.2, 0.25) is 0 Å². The summed E-state index contributed by atoms with van der Waals surface area (Å²) in [6, 6.07) is 6.22. The molecule has 0 aliphatic rings. The van der Waals surface area contributed by atoms with Crippen LogP contribution >= 0.6 is 34.0 Å². The van der Waals surface area contributed by atoms with E-state index in [1.54, 1.807) is 29.6 Å². The number of hydrogen-bond acceptors (Lipinski definition) is 7. The number of hydrogen-bond donors (Lipinski definition) is 0. The van der Waals surface area contributed by atoms with Crippen LogP contribution in [0.5, 0.6) is 0 Å². The van der Waals surface area contributed by atoms with E-state index in [-0.39, 0.29) is 11.9 Å². The van der Waals surface area contributed by atoms with Crippen LogP contribution in [0.4, 0.5) is 0 Å². The number of carbonyl (C=O) groups excluding carboxylic acids is 2. The van der Waals surface area contributed by atoms with Crippen LogP contribution in [0.15, 0.2) is 18.2 Å². The predicted octanol–water partition coefficient (Wildman–Crippen LogP) is 6.20. The van der Waals surface area contributed by atoms with Crippen LogP contribution in [-0.2, 0) is 14.3 Å². The predicted molar refractivity (Wildman–Crippen MR) is 113 cm³/mol. The van der Waals surface area contributed by atoms with Crippen LogP contribution in [0.25, 0.3) is 19.8 Å². The summed E-state index contributed by atoms with van der Waals surface area (Å²) in [5, 5.41) is 1.14. The van der Waals surface area contributed by atoms with Crippen LogP contribution < -0.4 is 0 Å². The molecule has 0 fully saturated rings. The summed E-state index contributed by atoms with van der Waals surface area (Å²) in [5.74, 6) is -0.487. The Kier molecular flexibility index (Phi) is 6.68. The van der Waals surface area contributed by atoms with Crippen LogP contribution in [0, 0.1) is 13.8 Å². The van der Waals surface area contributed by atoms with Crippen molar-refractivity contribution in [1.29, 1.82) is 0 Å². The summed E-state index contributed by atoms with van der Waals surface area (Å²) in [6.07, 6.45) is 1.68. The Bertz CT molecular complexity index is 948. The minimum Gasteiger partial charge on any atom is -0.466 e. The first-order valence-corrected chi connectivity index (χ1v) is 11.4. The molecule has 0 radical (unpaired) electrons. The van der Waals surface area contributed by atoms with Gasteiger partial charge >= 0.3 is 11.9 Å². The number of aryl methyl sites for hydroxylation is 2. The van der Waals surface area contributed by atoms with Gasteiger partial charge in [0.25, 0.3) is 0 Å². The fraction of sp³-hybridized carbons (Fsp3) is 0.400. The maximum Gasteiger partial charge on any atom is 0.348 e. The molecule has 3 aromatic heterocycles. The highest BCUT2D eigenvalue weighted by Crippen LogP contribution is 2.44. The lowest BCUT2D eigenvalue weighted by Crippen LogP contribution is -2.07. The fourth-order valence-electron chi connectivity index (χ4n) is 2.76. The van der Waals surface area contributed by atoms with Gasteiger partial charge in [-0.15, -0.1) is 34.0 Å². The highest BCUT2D eigenvalue weighted by atomic mass is 32.1. The smallest absolute Gasteiger partial charge is 0.348 e. The molecule has 0 aliphatic heterocycles. The second-order valence-electron chi connectivity index (χ2n) is 6.15. The zero-order valence-corrected chi connectivity index (χ0v) is 18.1. The van der Waals surface area contributed by atoms with E-state index < -0.39 is 0 Å². The highest BCUT2D eigenvalue weighted by molar-refractivity contribution is 7.28. The number of rotatable bonds is 8. The van der Waals surface area contributed by atoms with Crippen LogP contribution in [-0.4, -0.2) is 25.2 Å². The van der Waals surface area contributed by atoms with E-state index in [0.717, 1.165) is 10.1 Å². The molecule has 3 heterocycles. The molecule has 7 heteroatoms. The van der Waals surface area contributed by atoms with Gasteiger partial charge in [0, 0.05) is 31.1 Å². The summed E-state index contributed by atoms with van der Waals surface area (Å²) in [6.45, 7) is 6.70. The third kappa shape index (κ3) is 4.78. The van der Waals surface area contributed by atoms with E-state index in [4.69, 9.17) is 9.47 Å². The van der Waals surface area contributed by atoms with Crippen molar-refractivity contribution in [2.45, 2.75) is 40.0 Å². The number of esters is 2. The van der Waals surface area contributed by atoms with Gasteiger partial charge in [-0.05, 0) is 51.8 Å². The normalized spacial score (nSPS) is 11.1. The second kappa shape index (κ2) is 8.99. The number of carbonyl (C=O) groups is 2. The summed E-state index contributed by atoms with van der Waals surface area (Å²) < 4.78 is 11.4. The van der Waals surface area contributed by atoms with Crippen LogP contribution in [0.1, 0.15) is 45.6 Å². The molecule has 0 unspecified atom stereocenters. The maximum absolute atomic E-state index is 12.4. The Labute approximate surface area is 170 Å². The topological polar surface area (TPSA) is 52.6 Å². The van der Waals surface area contributed by atoms with Gasteiger partial charge in [-0.1, -0.05) is 0 Å². The molecule has 4 nitrogen and oxygen atoms in total. The second-order valence-corrected chi connectivity index (χ2v) is 9.71. The van der Waals surface area contributed by atoms with Crippen molar-refractivity contribution in [1.82, 2.24) is 0 Å². The molecular formula is C20H22O4S3. The van der Waals surface area contributed by atoms with E-state index in [1.165, 1.54) is 30.8 Å². The van der Waals surface area contributed by atoms with Gasteiger partial charge in [0.05, 0.1) is 18.1 Å². The lowest BCUT2D eigenvalue weighted by Gasteiger charge is -2.03. The molecular weight excluding hydrogens is 400 g/mol. The number of ether oxygens (including phenoxy) is 2. The Balaban J connectivity index is 1.62. The zero-order valence-electron chi connectivity index (χ0n) is 15.6. The summed E-state index contributed by atoms with van der Waals surface area (Å²) in [5.41, 5.74) is 0. The van der Waals surface area contributed by atoms with Crippen molar-refractivity contribution in [2.75, 3.05) is 13.2 Å². The van der Waals surface area contributed by atoms with E-state index >= 15 is 0 Å². The fourth-order valence-corrected chi connectivity index (χ4v) is 6.04.